The predicted molar refractivity (Wildman–Crippen MR) is 131 cm³/mol. The largest absolute Gasteiger partial charge is 0.490 e. The molecule has 3 aromatic rings. The van der Waals surface area contributed by atoms with Gasteiger partial charge in [-0.3, -0.25) is 9.59 Å². The first-order valence-corrected chi connectivity index (χ1v) is 13.3. The summed E-state index contributed by atoms with van der Waals surface area (Å²) in [4.78, 5) is 28.8. The van der Waals surface area contributed by atoms with Gasteiger partial charge in [-0.05, 0) is 43.2 Å². The lowest BCUT2D eigenvalue weighted by atomic mass is 9.97. The number of carbonyl (C=O) groups excluding carboxylic acids is 1. The van der Waals surface area contributed by atoms with Crippen molar-refractivity contribution in [2.45, 2.75) is 25.4 Å². The third-order valence-corrected chi connectivity index (χ3v) is 8.11. The van der Waals surface area contributed by atoms with Crippen LogP contribution in [-0.4, -0.2) is 50.0 Å². The highest BCUT2D eigenvalue weighted by Gasteiger charge is 2.48. The molecule has 2 aromatic carbocycles. The molecule has 1 saturated heterocycles. The Morgan fingerprint density at radius 2 is 1.94 bits per heavy atom. The molecule has 5 rings (SSSR count). The van der Waals surface area contributed by atoms with Gasteiger partial charge in [0, 0.05) is 6.04 Å². The molecule has 182 valence electrons. The average molecular weight is 496 g/mol. The molecule has 2 atom stereocenters. The Morgan fingerprint density at radius 1 is 1.14 bits per heavy atom. The number of ether oxygens (including phenoxy) is 2. The van der Waals surface area contributed by atoms with Gasteiger partial charge in [0.2, 0.25) is 5.76 Å². The van der Waals surface area contributed by atoms with Gasteiger partial charge in [0.25, 0.3) is 5.91 Å². The lowest BCUT2D eigenvalue weighted by molar-refractivity contribution is 0.0662. The summed E-state index contributed by atoms with van der Waals surface area (Å²) in [7, 11) is -3.29. The van der Waals surface area contributed by atoms with E-state index in [0.29, 0.717) is 41.1 Å². The second-order valence-electron chi connectivity index (χ2n) is 8.58. The second-order valence-corrected chi connectivity index (χ2v) is 10.8. The third-order valence-electron chi connectivity index (χ3n) is 6.36. The number of carbonyl (C=O) groups is 1. The van der Waals surface area contributed by atoms with Crippen LogP contribution in [0, 0.1) is 0 Å². The summed E-state index contributed by atoms with van der Waals surface area (Å²) < 4.78 is 42.0. The van der Waals surface area contributed by atoms with Gasteiger partial charge in [0.05, 0.1) is 35.1 Å². The molecule has 0 spiro atoms. The average Bonchev–Trinajstić information content (AvgIpc) is 3.35. The van der Waals surface area contributed by atoms with E-state index in [1.165, 1.54) is 4.90 Å². The number of hydrogen-bond donors (Lipinski definition) is 0. The van der Waals surface area contributed by atoms with Crippen LogP contribution in [0.25, 0.3) is 11.0 Å². The number of fused-ring (bicyclic) bond motifs is 2. The summed E-state index contributed by atoms with van der Waals surface area (Å²) in [5.74, 6) is 0.257. The van der Waals surface area contributed by atoms with Crippen LogP contribution in [0.3, 0.4) is 0 Å². The molecule has 0 N–H and O–H groups in total. The fraction of sp³-hybridized carbons (Fsp3) is 0.308. The van der Waals surface area contributed by atoms with E-state index in [1.54, 1.807) is 48.5 Å². The number of sulfone groups is 1. The topological polar surface area (TPSA) is 103 Å². The molecular weight excluding hydrogens is 470 g/mol. The Kier molecular flexibility index (Phi) is 5.88. The highest BCUT2D eigenvalue weighted by atomic mass is 32.2. The van der Waals surface area contributed by atoms with Crippen LogP contribution in [0.2, 0.25) is 0 Å². The molecule has 1 fully saturated rings. The molecular formula is C26H25NO7S. The standard InChI is InChI=1S/C26H25NO7S/c1-3-12-33-20-10-9-16(14-21(20)32-4-2)23-22-24(28)18-7-5-6-8-19(18)34-25(22)26(29)27(23)17-11-13-35(30,31)15-17/h3,5-10,14,17,23H,1,4,11-13,15H2,2H3/t17-,23+/m0/s1. The molecule has 0 aliphatic carbocycles. The fourth-order valence-corrected chi connectivity index (χ4v) is 6.58. The van der Waals surface area contributed by atoms with E-state index in [4.69, 9.17) is 13.9 Å². The Morgan fingerprint density at radius 3 is 2.66 bits per heavy atom. The normalized spacial score (nSPS) is 20.7. The van der Waals surface area contributed by atoms with Crippen molar-refractivity contribution in [1.29, 1.82) is 0 Å². The molecule has 0 radical (unpaired) electrons. The maximum absolute atomic E-state index is 13.6. The molecule has 1 amide bonds. The van der Waals surface area contributed by atoms with Crippen molar-refractivity contribution < 1.29 is 27.1 Å². The molecule has 0 saturated carbocycles. The Labute approximate surface area is 202 Å². The minimum absolute atomic E-state index is 0.00755. The third kappa shape index (κ3) is 3.99. The van der Waals surface area contributed by atoms with Gasteiger partial charge in [-0.25, -0.2) is 8.42 Å². The summed E-state index contributed by atoms with van der Waals surface area (Å²) in [6.07, 6.45) is 1.92. The lowest BCUT2D eigenvalue weighted by Gasteiger charge is -2.30. The van der Waals surface area contributed by atoms with Crippen molar-refractivity contribution in [3.8, 4) is 11.5 Å². The van der Waals surface area contributed by atoms with E-state index in [1.807, 2.05) is 6.92 Å². The van der Waals surface area contributed by atoms with Crippen molar-refractivity contribution in [2.75, 3.05) is 24.7 Å². The molecule has 2 aliphatic heterocycles. The molecule has 1 aromatic heterocycles. The van der Waals surface area contributed by atoms with E-state index in [-0.39, 0.29) is 34.9 Å². The highest BCUT2D eigenvalue weighted by molar-refractivity contribution is 7.91. The van der Waals surface area contributed by atoms with Crippen LogP contribution >= 0.6 is 0 Å². The second kappa shape index (κ2) is 8.88. The zero-order valence-electron chi connectivity index (χ0n) is 19.2. The summed E-state index contributed by atoms with van der Waals surface area (Å²) in [6, 6.07) is 10.6. The first-order valence-electron chi connectivity index (χ1n) is 11.4. The Bertz CT molecular complexity index is 1490. The van der Waals surface area contributed by atoms with E-state index in [2.05, 4.69) is 6.58 Å². The van der Waals surface area contributed by atoms with Crippen molar-refractivity contribution in [3.05, 3.63) is 82.2 Å². The summed E-state index contributed by atoms with van der Waals surface area (Å²) in [6.45, 7) is 6.17. The minimum atomic E-state index is -3.29. The quantitative estimate of drug-likeness (QED) is 0.462. The van der Waals surface area contributed by atoms with Gasteiger partial charge < -0.3 is 18.8 Å². The number of hydrogen-bond acceptors (Lipinski definition) is 7. The maximum Gasteiger partial charge on any atom is 0.291 e. The molecule has 9 heteroatoms. The van der Waals surface area contributed by atoms with Crippen LogP contribution < -0.4 is 14.9 Å². The molecule has 8 nitrogen and oxygen atoms in total. The fourth-order valence-electron chi connectivity index (χ4n) is 4.87. The SMILES string of the molecule is C=CCOc1ccc([C@@H]2c3c(oc4ccccc4c3=O)C(=O)N2[C@H]2CCS(=O)(=O)C2)cc1OCC. The molecule has 0 unspecified atom stereocenters. The molecule has 35 heavy (non-hydrogen) atoms. The minimum Gasteiger partial charge on any atom is -0.490 e. The van der Waals surface area contributed by atoms with E-state index in [9.17, 15) is 18.0 Å². The number of nitrogens with zero attached hydrogens (tertiary/aromatic N) is 1. The predicted octanol–water partition coefficient (Wildman–Crippen LogP) is 3.49. The number of para-hydroxylation sites is 1. The first kappa shape index (κ1) is 23.2. The molecule has 2 aliphatic rings. The van der Waals surface area contributed by atoms with Crippen LogP contribution in [0.15, 0.2) is 64.3 Å². The van der Waals surface area contributed by atoms with Gasteiger partial charge in [-0.1, -0.05) is 30.9 Å². The lowest BCUT2D eigenvalue weighted by Crippen LogP contribution is -2.40. The van der Waals surface area contributed by atoms with E-state index in [0.717, 1.165) is 0 Å². The first-order chi connectivity index (χ1) is 16.8. The van der Waals surface area contributed by atoms with Gasteiger partial charge in [0.15, 0.2) is 26.8 Å². The van der Waals surface area contributed by atoms with Crippen molar-refractivity contribution >= 4 is 26.7 Å². The van der Waals surface area contributed by atoms with Gasteiger partial charge >= 0.3 is 0 Å². The Balaban J connectivity index is 1.71. The van der Waals surface area contributed by atoms with Gasteiger partial charge in [-0.2, -0.15) is 0 Å². The number of rotatable bonds is 7. The smallest absolute Gasteiger partial charge is 0.291 e. The van der Waals surface area contributed by atoms with Crippen LogP contribution in [0.1, 0.15) is 41.1 Å². The van der Waals surface area contributed by atoms with Gasteiger partial charge in [-0.15, -0.1) is 0 Å². The van der Waals surface area contributed by atoms with Crippen LogP contribution in [0.4, 0.5) is 0 Å². The van der Waals surface area contributed by atoms with Crippen molar-refractivity contribution in [1.82, 2.24) is 4.90 Å². The summed E-state index contributed by atoms with van der Waals surface area (Å²) in [5.41, 5.74) is 0.819. The molecule has 0 bridgehead atoms. The summed E-state index contributed by atoms with van der Waals surface area (Å²) >= 11 is 0. The number of benzene rings is 2. The van der Waals surface area contributed by atoms with E-state index >= 15 is 0 Å². The molecule has 3 heterocycles. The van der Waals surface area contributed by atoms with Crippen LogP contribution in [0.5, 0.6) is 11.5 Å². The zero-order chi connectivity index (χ0) is 24.7. The summed E-state index contributed by atoms with van der Waals surface area (Å²) in [5, 5.41) is 0.362. The van der Waals surface area contributed by atoms with Gasteiger partial charge in [0.1, 0.15) is 12.2 Å². The zero-order valence-corrected chi connectivity index (χ0v) is 20.0. The monoisotopic (exact) mass is 495 g/mol. The van der Waals surface area contributed by atoms with Crippen molar-refractivity contribution in [2.24, 2.45) is 0 Å². The highest BCUT2D eigenvalue weighted by Crippen LogP contribution is 2.43. The maximum atomic E-state index is 13.6. The number of amides is 1. The van der Waals surface area contributed by atoms with E-state index < -0.39 is 27.8 Å². The van der Waals surface area contributed by atoms with Crippen molar-refractivity contribution in [3.63, 3.8) is 0 Å². The van der Waals surface area contributed by atoms with Crippen LogP contribution in [-0.2, 0) is 9.84 Å². The Hall–Kier alpha value is -3.59.